The quantitative estimate of drug-likeness (QED) is 0.240. The van der Waals surface area contributed by atoms with Crippen LogP contribution in [0.25, 0.3) is 22.3 Å². The Balaban J connectivity index is 1.10. The third-order valence-electron chi connectivity index (χ3n) is 8.56. The molecule has 2 unspecified atom stereocenters. The van der Waals surface area contributed by atoms with E-state index in [4.69, 9.17) is 14.2 Å². The van der Waals surface area contributed by atoms with E-state index in [1.165, 1.54) is 27.6 Å². The molecular weight excluding hydrogens is 491 g/mol. The number of fused-ring (bicyclic) bond motifs is 7. The lowest BCUT2D eigenvalue weighted by Gasteiger charge is -2.33. The van der Waals surface area contributed by atoms with Crippen LogP contribution in [0.1, 0.15) is 11.5 Å². The van der Waals surface area contributed by atoms with Gasteiger partial charge >= 0.3 is 0 Å². The minimum Gasteiger partial charge on any atom is -0.485 e. The van der Waals surface area contributed by atoms with Crippen molar-refractivity contribution in [1.82, 2.24) is 0 Å². The Kier molecular flexibility index (Phi) is 4.53. The molecule has 0 amide bonds. The molecule has 9 rings (SSSR count). The largest absolute Gasteiger partial charge is 0.485 e. The molecule has 3 nitrogen and oxygen atoms in total. The van der Waals surface area contributed by atoms with E-state index < -0.39 is 0 Å². The summed E-state index contributed by atoms with van der Waals surface area (Å²) in [4.78, 5) is 0. The van der Waals surface area contributed by atoms with Crippen molar-refractivity contribution in [3.8, 4) is 51.0 Å². The first-order valence-corrected chi connectivity index (χ1v) is 13.8. The second kappa shape index (κ2) is 8.27. The van der Waals surface area contributed by atoms with Gasteiger partial charge in [0, 0.05) is 16.9 Å². The van der Waals surface area contributed by atoms with E-state index in [1.54, 1.807) is 0 Å². The number of ether oxygens (including phenoxy) is 3. The molecule has 3 aliphatic heterocycles. The number of hydrogen-bond donors (Lipinski definition) is 0. The molecule has 5 aromatic rings. The summed E-state index contributed by atoms with van der Waals surface area (Å²) in [5.74, 6) is 4.79. The summed E-state index contributed by atoms with van der Waals surface area (Å²) in [5, 5.41) is 0. The molecule has 3 heterocycles. The molecule has 4 heteroatoms. The van der Waals surface area contributed by atoms with Gasteiger partial charge in [-0.15, -0.1) is 0 Å². The molecular formula is C36H23BO3. The highest BCUT2D eigenvalue weighted by Crippen LogP contribution is 2.43. The molecule has 5 aromatic carbocycles. The van der Waals surface area contributed by atoms with Crippen molar-refractivity contribution >= 4 is 23.1 Å². The highest BCUT2D eigenvalue weighted by atomic mass is 16.5. The molecule has 0 N–H and O–H groups in total. The summed E-state index contributed by atoms with van der Waals surface area (Å²) in [6.07, 6.45) is 8.65. The average molecular weight is 514 g/mol. The Morgan fingerprint density at radius 2 is 1.10 bits per heavy atom. The van der Waals surface area contributed by atoms with Crippen LogP contribution in [-0.2, 0) is 0 Å². The third kappa shape index (κ3) is 3.20. The maximum atomic E-state index is 6.48. The monoisotopic (exact) mass is 514 g/mol. The van der Waals surface area contributed by atoms with Crippen molar-refractivity contribution in [2.24, 2.45) is 0 Å². The molecule has 2 atom stereocenters. The molecule has 4 aliphatic rings. The van der Waals surface area contributed by atoms with Gasteiger partial charge in [-0.2, -0.15) is 0 Å². The Labute approximate surface area is 233 Å². The summed E-state index contributed by atoms with van der Waals surface area (Å²) in [6, 6.07) is 36.3. The fourth-order valence-electron chi connectivity index (χ4n) is 6.64. The van der Waals surface area contributed by atoms with Gasteiger partial charge in [0.25, 0.3) is 6.71 Å². The van der Waals surface area contributed by atoms with Crippen molar-refractivity contribution in [1.29, 1.82) is 0 Å². The van der Waals surface area contributed by atoms with E-state index in [9.17, 15) is 0 Å². The average Bonchev–Trinajstić information content (AvgIpc) is 3.39. The van der Waals surface area contributed by atoms with Crippen LogP contribution in [0.5, 0.6) is 28.7 Å². The zero-order valence-electron chi connectivity index (χ0n) is 21.6. The smallest absolute Gasteiger partial charge is 0.260 e. The predicted molar refractivity (Wildman–Crippen MR) is 160 cm³/mol. The third-order valence-corrected chi connectivity index (χ3v) is 8.56. The standard InChI is InChI=1S/C36H23BO3/c1-4-10-30-26(7-1)27-19-24(17-18-31(27)38-30)22-13-15-23(16-14-22)25-20-34-36-35(21-25)40-33-12-6-3-9-29(33)37(36)28-8-2-5-11-32(28)39-34/h1-21,26,30H. The fraction of sp³-hybridized carbons (Fsp3) is 0.0556. The lowest BCUT2D eigenvalue weighted by molar-refractivity contribution is 0.269. The van der Waals surface area contributed by atoms with E-state index in [-0.39, 0.29) is 18.7 Å². The Morgan fingerprint density at radius 3 is 1.80 bits per heavy atom. The summed E-state index contributed by atoms with van der Waals surface area (Å²) in [6.45, 7) is 0.0919. The van der Waals surface area contributed by atoms with Crippen LogP contribution in [0.2, 0.25) is 0 Å². The highest BCUT2D eigenvalue weighted by Gasteiger charge is 2.40. The van der Waals surface area contributed by atoms with Crippen LogP contribution < -0.4 is 30.6 Å². The second-order valence-electron chi connectivity index (χ2n) is 10.8. The zero-order chi connectivity index (χ0) is 26.2. The van der Waals surface area contributed by atoms with Gasteiger partial charge < -0.3 is 14.2 Å². The van der Waals surface area contributed by atoms with Gasteiger partial charge in [0.2, 0.25) is 0 Å². The van der Waals surface area contributed by atoms with Crippen molar-refractivity contribution in [3.05, 3.63) is 133 Å². The first kappa shape index (κ1) is 21.9. The summed E-state index contributed by atoms with van der Waals surface area (Å²) in [7, 11) is 0. The minimum absolute atomic E-state index is 0.0919. The summed E-state index contributed by atoms with van der Waals surface area (Å²) < 4.78 is 19.1. The summed E-state index contributed by atoms with van der Waals surface area (Å²) >= 11 is 0. The van der Waals surface area contributed by atoms with Crippen LogP contribution in [0.4, 0.5) is 0 Å². The Hall–Kier alpha value is -4.96. The van der Waals surface area contributed by atoms with Crippen molar-refractivity contribution < 1.29 is 14.2 Å². The van der Waals surface area contributed by atoms with Crippen LogP contribution in [-0.4, -0.2) is 12.8 Å². The Morgan fingerprint density at radius 1 is 0.500 bits per heavy atom. The minimum atomic E-state index is 0.0919. The van der Waals surface area contributed by atoms with Gasteiger partial charge in [-0.1, -0.05) is 85.0 Å². The van der Waals surface area contributed by atoms with E-state index >= 15 is 0 Å². The van der Waals surface area contributed by atoms with E-state index in [0.29, 0.717) is 0 Å². The Bertz CT molecular complexity index is 1830. The van der Waals surface area contributed by atoms with E-state index in [2.05, 4.69) is 115 Å². The molecule has 40 heavy (non-hydrogen) atoms. The predicted octanol–water partition coefficient (Wildman–Crippen LogP) is 6.72. The van der Waals surface area contributed by atoms with Crippen molar-refractivity contribution in [3.63, 3.8) is 0 Å². The first-order valence-electron chi connectivity index (χ1n) is 13.8. The van der Waals surface area contributed by atoms with Gasteiger partial charge in [-0.3, -0.25) is 0 Å². The molecule has 0 radical (unpaired) electrons. The number of allylic oxidation sites excluding steroid dienone is 2. The van der Waals surface area contributed by atoms with Crippen molar-refractivity contribution in [2.75, 3.05) is 0 Å². The van der Waals surface area contributed by atoms with Gasteiger partial charge in [-0.25, -0.2) is 0 Å². The zero-order valence-corrected chi connectivity index (χ0v) is 21.6. The van der Waals surface area contributed by atoms with Gasteiger partial charge in [0.05, 0.1) is 0 Å². The summed E-state index contributed by atoms with van der Waals surface area (Å²) in [5.41, 5.74) is 9.27. The molecule has 188 valence electrons. The highest BCUT2D eigenvalue weighted by molar-refractivity contribution is 6.98. The lowest BCUT2D eigenvalue weighted by Crippen LogP contribution is -2.57. The molecule has 0 saturated heterocycles. The number of benzene rings is 5. The van der Waals surface area contributed by atoms with Crippen LogP contribution in [0.15, 0.2) is 127 Å². The van der Waals surface area contributed by atoms with Gasteiger partial charge in [0.15, 0.2) is 0 Å². The lowest BCUT2D eigenvalue weighted by atomic mass is 9.35. The number of rotatable bonds is 2. The topological polar surface area (TPSA) is 27.7 Å². The van der Waals surface area contributed by atoms with Crippen molar-refractivity contribution in [2.45, 2.75) is 12.0 Å². The molecule has 0 aromatic heterocycles. The fourth-order valence-corrected chi connectivity index (χ4v) is 6.64. The molecule has 0 fully saturated rings. The van der Waals surface area contributed by atoms with Crippen LogP contribution in [0, 0.1) is 0 Å². The number of para-hydroxylation sites is 2. The molecule has 0 spiro atoms. The van der Waals surface area contributed by atoms with Gasteiger partial charge in [0.1, 0.15) is 34.9 Å². The second-order valence-corrected chi connectivity index (χ2v) is 10.8. The van der Waals surface area contributed by atoms with Crippen LogP contribution in [0.3, 0.4) is 0 Å². The molecule has 0 bridgehead atoms. The van der Waals surface area contributed by atoms with E-state index in [1.807, 2.05) is 12.1 Å². The maximum Gasteiger partial charge on any atom is 0.260 e. The number of hydrogen-bond acceptors (Lipinski definition) is 3. The molecule has 0 saturated carbocycles. The van der Waals surface area contributed by atoms with E-state index in [0.717, 1.165) is 45.3 Å². The van der Waals surface area contributed by atoms with Crippen LogP contribution >= 0.6 is 0 Å². The normalized spacial score (nSPS) is 18.4. The molecule has 1 aliphatic carbocycles. The van der Waals surface area contributed by atoms with Gasteiger partial charge in [-0.05, 0) is 75.7 Å². The SMILES string of the molecule is C1=CC2Oc3ccc(-c4ccc(-c5cc6c7c(c5)Oc5ccccc5B7c5ccccc5O6)cc4)cc3C2C=C1. The first-order chi connectivity index (χ1) is 19.8. The maximum absolute atomic E-state index is 6.48.